The highest BCUT2D eigenvalue weighted by atomic mass is 79.9. The average molecular weight is 276 g/mol. The number of halogens is 1. The standard InChI is InChI=1S/C13H10BrNO/c14-10-6-5-9-8-15-11-3-1-2-4-12(11)16-13(9)7-10/h1-7,15H,8H2. The first-order valence-corrected chi connectivity index (χ1v) is 5.91. The van der Waals surface area contributed by atoms with Gasteiger partial charge in [-0.1, -0.05) is 34.1 Å². The third-order valence-corrected chi connectivity index (χ3v) is 3.10. The van der Waals surface area contributed by atoms with E-state index >= 15 is 0 Å². The normalized spacial score (nSPS) is 12.8. The smallest absolute Gasteiger partial charge is 0.150 e. The van der Waals surface area contributed by atoms with Crippen LogP contribution in [0.25, 0.3) is 0 Å². The first-order valence-electron chi connectivity index (χ1n) is 5.12. The highest BCUT2D eigenvalue weighted by molar-refractivity contribution is 9.10. The molecule has 1 heterocycles. The molecule has 0 spiro atoms. The van der Waals surface area contributed by atoms with Crippen LogP contribution in [-0.4, -0.2) is 0 Å². The van der Waals surface area contributed by atoms with E-state index in [1.807, 2.05) is 36.4 Å². The van der Waals surface area contributed by atoms with Crippen molar-refractivity contribution >= 4 is 21.6 Å². The Labute approximate surface area is 102 Å². The molecule has 0 bridgehead atoms. The Morgan fingerprint density at radius 1 is 1.06 bits per heavy atom. The van der Waals surface area contributed by atoms with Gasteiger partial charge in [0.25, 0.3) is 0 Å². The number of rotatable bonds is 0. The van der Waals surface area contributed by atoms with Crippen LogP contribution in [0.4, 0.5) is 5.69 Å². The van der Waals surface area contributed by atoms with Crippen LogP contribution in [0.5, 0.6) is 11.5 Å². The topological polar surface area (TPSA) is 21.3 Å². The summed E-state index contributed by atoms with van der Waals surface area (Å²) >= 11 is 3.46. The van der Waals surface area contributed by atoms with Crippen molar-refractivity contribution in [3.8, 4) is 11.5 Å². The van der Waals surface area contributed by atoms with Crippen LogP contribution in [0.15, 0.2) is 46.9 Å². The van der Waals surface area contributed by atoms with Crippen LogP contribution in [0, 0.1) is 0 Å². The molecule has 2 aromatic rings. The Hall–Kier alpha value is -1.48. The van der Waals surface area contributed by atoms with E-state index in [0.29, 0.717) is 0 Å². The zero-order valence-electron chi connectivity index (χ0n) is 8.53. The van der Waals surface area contributed by atoms with E-state index in [9.17, 15) is 0 Å². The molecule has 0 unspecified atom stereocenters. The summed E-state index contributed by atoms with van der Waals surface area (Å²) in [6.45, 7) is 0.791. The van der Waals surface area contributed by atoms with Crippen molar-refractivity contribution in [3.05, 3.63) is 52.5 Å². The lowest BCUT2D eigenvalue weighted by molar-refractivity contribution is 0.483. The van der Waals surface area contributed by atoms with Crippen LogP contribution >= 0.6 is 15.9 Å². The minimum absolute atomic E-state index is 0.791. The minimum Gasteiger partial charge on any atom is -0.455 e. The number of para-hydroxylation sites is 2. The highest BCUT2D eigenvalue weighted by Crippen LogP contribution is 2.36. The van der Waals surface area contributed by atoms with Gasteiger partial charge in [0.15, 0.2) is 5.75 Å². The second kappa shape index (κ2) is 3.83. The van der Waals surface area contributed by atoms with Crippen molar-refractivity contribution in [1.82, 2.24) is 0 Å². The quantitative estimate of drug-likeness (QED) is 0.779. The Morgan fingerprint density at radius 2 is 1.94 bits per heavy atom. The van der Waals surface area contributed by atoms with Gasteiger partial charge in [0.2, 0.25) is 0 Å². The van der Waals surface area contributed by atoms with Gasteiger partial charge >= 0.3 is 0 Å². The Balaban J connectivity index is 2.10. The van der Waals surface area contributed by atoms with Crippen molar-refractivity contribution in [3.63, 3.8) is 0 Å². The van der Waals surface area contributed by atoms with E-state index in [0.717, 1.165) is 28.2 Å². The van der Waals surface area contributed by atoms with Gasteiger partial charge < -0.3 is 10.1 Å². The summed E-state index contributed by atoms with van der Waals surface area (Å²) in [4.78, 5) is 0. The van der Waals surface area contributed by atoms with Crippen molar-refractivity contribution in [1.29, 1.82) is 0 Å². The van der Waals surface area contributed by atoms with Gasteiger partial charge in [-0.25, -0.2) is 0 Å². The number of anilines is 1. The summed E-state index contributed by atoms with van der Waals surface area (Å²) in [5.41, 5.74) is 2.20. The fourth-order valence-electron chi connectivity index (χ4n) is 1.78. The van der Waals surface area contributed by atoms with Crippen LogP contribution in [0.1, 0.15) is 5.56 Å². The van der Waals surface area contributed by atoms with Crippen LogP contribution < -0.4 is 10.1 Å². The summed E-state index contributed by atoms with van der Waals surface area (Å²) in [6, 6.07) is 14.1. The molecule has 0 aromatic heterocycles. The van der Waals surface area contributed by atoms with Gasteiger partial charge in [0.1, 0.15) is 5.75 Å². The lowest BCUT2D eigenvalue weighted by Crippen LogP contribution is -1.96. The zero-order valence-corrected chi connectivity index (χ0v) is 10.1. The van der Waals surface area contributed by atoms with Gasteiger partial charge in [-0.05, 0) is 24.3 Å². The number of hydrogen-bond acceptors (Lipinski definition) is 2. The molecule has 1 aliphatic rings. The zero-order chi connectivity index (χ0) is 11.0. The molecule has 0 aliphatic carbocycles. The van der Waals surface area contributed by atoms with Crippen LogP contribution in [-0.2, 0) is 6.54 Å². The van der Waals surface area contributed by atoms with Crippen molar-refractivity contribution in [2.24, 2.45) is 0 Å². The summed E-state index contributed by atoms with van der Waals surface area (Å²) in [6.07, 6.45) is 0. The third kappa shape index (κ3) is 1.67. The second-order valence-electron chi connectivity index (χ2n) is 3.70. The number of ether oxygens (including phenoxy) is 1. The lowest BCUT2D eigenvalue weighted by atomic mass is 10.2. The van der Waals surface area contributed by atoms with Crippen LogP contribution in [0.3, 0.4) is 0 Å². The molecular weight excluding hydrogens is 266 g/mol. The molecule has 3 heteroatoms. The molecule has 80 valence electrons. The highest BCUT2D eigenvalue weighted by Gasteiger charge is 2.13. The summed E-state index contributed by atoms with van der Waals surface area (Å²) in [5, 5.41) is 3.36. The van der Waals surface area contributed by atoms with E-state index in [4.69, 9.17) is 4.74 Å². The van der Waals surface area contributed by atoms with Gasteiger partial charge in [0, 0.05) is 16.6 Å². The van der Waals surface area contributed by atoms with E-state index in [1.165, 1.54) is 5.56 Å². The predicted molar refractivity (Wildman–Crippen MR) is 68.0 cm³/mol. The van der Waals surface area contributed by atoms with Crippen molar-refractivity contribution in [2.45, 2.75) is 6.54 Å². The van der Waals surface area contributed by atoms with Gasteiger partial charge in [-0.3, -0.25) is 0 Å². The van der Waals surface area contributed by atoms with E-state index in [-0.39, 0.29) is 0 Å². The molecule has 2 aromatic carbocycles. The summed E-state index contributed by atoms with van der Waals surface area (Å²) < 4.78 is 6.92. The number of benzene rings is 2. The van der Waals surface area contributed by atoms with Gasteiger partial charge in [-0.2, -0.15) is 0 Å². The maximum atomic E-state index is 5.89. The maximum absolute atomic E-state index is 5.89. The molecule has 0 amide bonds. The molecule has 0 saturated heterocycles. The Bertz CT molecular complexity index is 539. The van der Waals surface area contributed by atoms with E-state index in [2.05, 4.69) is 27.3 Å². The lowest BCUT2D eigenvalue weighted by Gasteiger charge is -2.07. The number of fused-ring (bicyclic) bond motifs is 2. The predicted octanol–water partition coefficient (Wildman–Crippen LogP) is 4.17. The van der Waals surface area contributed by atoms with Crippen LogP contribution in [0.2, 0.25) is 0 Å². The molecule has 16 heavy (non-hydrogen) atoms. The average Bonchev–Trinajstić information content (AvgIpc) is 2.47. The van der Waals surface area contributed by atoms with E-state index < -0.39 is 0 Å². The molecule has 0 fully saturated rings. The monoisotopic (exact) mass is 275 g/mol. The SMILES string of the molecule is Brc1ccc2c(c1)Oc1ccccc1NC2. The first kappa shape index (κ1) is 9.73. The largest absolute Gasteiger partial charge is 0.455 e. The summed E-state index contributed by atoms with van der Waals surface area (Å²) in [7, 11) is 0. The summed E-state index contributed by atoms with van der Waals surface area (Å²) in [5.74, 6) is 1.78. The molecule has 1 N–H and O–H groups in total. The molecule has 2 nitrogen and oxygen atoms in total. The Morgan fingerprint density at radius 3 is 2.88 bits per heavy atom. The fraction of sp³-hybridized carbons (Fsp3) is 0.0769. The Kier molecular flexibility index (Phi) is 2.33. The van der Waals surface area contributed by atoms with Gasteiger partial charge in [-0.15, -0.1) is 0 Å². The van der Waals surface area contributed by atoms with Gasteiger partial charge in [0.05, 0.1) is 5.69 Å². The molecule has 1 aliphatic heterocycles. The molecule has 3 rings (SSSR count). The van der Waals surface area contributed by atoms with Crippen molar-refractivity contribution in [2.75, 3.05) is 5.32 Å². The molecular formula is C13H10BrNO. The second-order valence-corrected chi connectivity index (χ2v) is 4.62. The molecule has 0 radical (unpaired) electrons. The fourth-order valence-corrected chi connectivity index (χ4v) is 2.12. The molecule has 0 atom stereocenters. The third-order valence-electron chi connectivity index (χ3n) is 2.61. The first-order chi connectivity index (χ1) is 7.83. The minimum atomic E-state index is 0.791. The number of nitrogens with one attached hydrogen (secondary N) is 1. The maximum Gasteiger partial charge on any atom is 0.150 e. The van der Waals surface area contributed by atoms with E-state index in [1.54, 1.807) is 0 Å². The van der Waals surface area contributed by atoms with Crippen molar-refractivity contribution < 1.29 is 4.74 Å². The molecule has 0 saturated carbocycles. The number of hydrogen-bond donors (Lipinski definition) is 1.